The predicted molar refractivity (Wildman–Crippen MR) is 80.0 cm³/mol. The van der Waals surface area contributed by atoms with Crippen LogP contribution in [0.15, 0.2) is 29.6 Å². The Balaban J connectivity index is 2.14. The molecule has 2 rings (SSSR count). The van der Waals surface area contributed by atoms with Crippen molar-refractivity contribution < 1.29 is 4.74 Å². The van der Waals surface area contributed by atoms with E-state index in [9.17, 15) is 0 Å². The lowest BCUT2D eigenvalue weighted by Gasteiger charge is -2.16. The molecule has 0 amide bonds. The van der Waals surface area contributed by atoms with E-state index in [0.717, 1.165) is 22.9 Å². The molecule has 1 aromatic heterocycles. The van der Waals surface area contributed by atoms with Gasteiger partial charge < -0.3 is 10.1 Å². The Morgan fingerprint density at radius 1 is 1.42 bits per heavy atom. The second kappa shape index (κ2) is 6.68. The van der Waals surface area contributed by atoms with Gasteiger partial charge in [-0.1, -0.05) is 12.1 Å². The van der Waals surface area contributed by atoms with Crippen molar-refractivity contribution in [3.05, 3.63) is 45.9 Å². The third-order valence-electron chi connectivity index (χ3n) is 3.00. The van der Waals surface area contributed by atoms with Crippen molar-refractivity contribution in [3.63, 3.8) is 0 Å². The van der Waals surface area contributed by atoms with Gasteiger partial charge in [-0.05, 0) is 38.6 Å². The third kappa shape index (κ3) is 3.78. The maximum Gasteiger partial charge on any atom is 0.119 e. The summed E-state index contributed by atoms with van der Waals surface area (Å²) in [6.45, 7) is 4.73. The number of aryl methyl sites for hydroxylation is 1. The van der Waals surface area contributed by atoms with Gasteiger partial charge in [0, 0.05) is 17.8 Å². The van der Waals surface area contributed by atoms with Gasteiger partial charge in [0.15, 0.2) is 0 Å². The van der Waals surface area contributed by atoms with Crippen LogP contribution in [0.4, 0.5) is 0 Å². The third-order valence-corrected chi connectivity index (χ3v) is 3.82. The molecular formula is C15H20N2OS. The van der Waals surface area contributed by atoms with E-state index in [2.05, 4.69) is 27.8 Å². The van der Waals surface area contributed by atoms with E-state index < -0.39 is 0 Å². The van der Waals surface area contributed by atoms with Crippen molar-refractivity contribution in [1.82, 2.24) is 10.3 Å². The summed E-state index contributed by atoms with van der Waals surface area (Å²) >= 11 is 1.70. The predicted octanol–water partition coefficient (Wildman–Crippen LogP) is 3.35. The molecule has 2 aromatic rings. The standard InChI is InChI=1S/C15H20N2OS/c1-4-18-14-7-5-6-12(8-14)15(16-3)9-13-10-19-11(2)17-13/h5-8,10,15-16H,4,9H2,1-3H3. The Morgan fingerprint density at radius 2 is 2.26 bits per heavy atom. The fourth-order valence-electron chi connectivity index (χ4n) is 2.09. The van der Waals surface area contributed by atoms with Crippen LogP contribution >= 0.6 is 11.3 Å². The summed E-state index contributed by atoms with van der Waals surface area (Å²) in [4.78, 5) is 4.53. The first kappa shape index (κ1) is 14.0. The van der Waals surface area contributed by atoms with Crippen LogP contribution in [0.1, 0.15) is 29.2 Å². The second-order valence-electron chi connectivity index (χ2n) is 4.41. The van der Waals surface area contributed by atoms with Crippen molar-refractivity contribution in [2.24, 2.45) is 0 Å². The number of nitrogens with one attached hydrogen (secondary N) is 1. The lowest BCUT2D eigenvalue weighted by Crippen LogP contribution is -2.19. The summed E-state index contributed by atoms with van der Waals surface area (Å²) in [6, 6.07) is 8.53. The highest BCUT2D eigenvalue weighted by atomic mass is 32.1. The minimum absolute atomic E-state index is 0.266. The molecular weight excluding hydrogens is 256 g/mol. The molecule has 0 saturated heterocycles. The van der Waals surface area contributed by atoms with E-state index in [1.165, 1.54) is 5.56 Å². The number of hydrogen-bond acceptors (Lipinski definition) is 4. The molecule has 0 aliphatic rings. The quantitative estimate of drug-likeness (QED) is 0.878. The Labute approximate surface area is 118 Å². The smallest absolute Gasteiger partial charge is 0.119 e. The van der Waals surface area contributed by atoms with Crippen LogP contribution in [0.5, 0.6) is 5.75 Å². The molecule has 19 heavy (non-hydrogen) atoms. The number of ether oxygens (including phenoxy) is 1. The molecule has 1 heterocycles. The Morgan fingerprint density at radius 3 is 2.89 bits per heavy atom. The van der Waals surface area contributed by atoms with Gasteiger partial charge in [-0.3, -0.25) is 0 Å². The topological polar surface area (TPSA) is 34.1 Å². The molecule has 3 nitrogen and oxygen atoms in total. The van der Waals surface area contributed by atoms with E-state index in [4.69, 9.17) is 4.74 Å². The van der Waals surface area contributed by atoms with Crippen molar-refractivity contribution >= 4 is 11.3 Å². The van der Waals surface area contributed by atoms with Gasteiger partial charge in [0.1, 0.15) is 5.75 Å². The molecule has 102 valence electrons. The van der Waals surface area contributed by atoms with Gasteiger partial charge in [-0.25, -0.2) is 4.98 Å². The SMILES string of the molecule is CCOc1cccc(C(Cc2csc(C)n2)NC)c1. The van der Waals surface area contributed by atoms with Gasteiger partial charge in [-0.2, -0.15) is 0 Å². The fraction of sp³-hybridized carbons (Fsp3) is 0.400. The first-order valence-corrected chi connectivity index (χ1v) is 7.42. The number of aromatic nitrogens is 1. The first-order valence-electron chi connectivity index (χ1n) is 6.54. The van der Waals surface area contributed by atoms with E-state index in [-0.39, 0.29) is 6.04 Å². The Kier molecular flexibility index (Phi) is 4.93. The minimum atomic E-state index is 0.266. The molecule has 0 radical (unpaired) electrons. The molecule has 0 fully saturated rings. The van der Waals surface area contributed by atoms with Crippen LogP contribution < -0.4 is 10.1 Å². The normalized spacial score (nSPS) is 12.4. The number of nitrogens with zero attached hydrogens (tertiary/aromatic N) is 1. The average Bonchev–Trinajstić information content (AvgIpc) is 2.82. The number of hydrogen-bond donors (Lipinski definition) is 1. The number of benzene rings is 1. The van der Waals surface area contributed by atoms with Crippen LogP contribution in [0.25, 0.3) is 0 Å². The van der Waals surface area contributed by atoms with E-state index in [1.807, 2.05) is 33.0 Å². The molecule has 4 heteroatoms. The van der Waals surface area contributed by atoms with Crippen LogP contribution in [0, 0.1) is 6.92 Å². The molecule has 1 aromatic carbocycles. The zero-order chi connectivity index (χ0) is 13.7. The summed E-state index contributed by atoms with van der Waals surface area (Å²) in [5, 5.41) is 6.60. The largest absolute Gasteiger partial charge is 0.494 e. The van der Waals surface area contributed by atoms with Gasteiger partial charge >= 0.3 is 0 Å². The molecule has 0 saturated carbocycles. The van der Waals surface area contributed by atoms with Crippen molar-refractivity contribution in [2.75, 3.05) is 13.7 Å². The van der Waals surface area contributed by atoms with Crippen LogP contribution in [0.2, 0.25) is 0 Å². The number of rotatable bonds is 6. The number of likely N-dealkylation sites (N-methyl/N-ethyl adjacent to an activating group) is 1. The van der Waals surface area contributed by atoms with Crippen LogP contribution in [-0.4, -0.2) is 18.6 Å². The summed E-state index contributed by atoms with van der Waals surface area (Å²) in [5.41, 5.74) is 2.38. The van der Waals surface area contributed by atoms with Gasteiger partial charge in [0.25, 0.3) is 0 Å². The van der Waals surface area contributed by atoms with Crippen molar-refractivity contribution in [3.8, 4) is 5.75 Å². The lowest BCUT2D eigenvalue weighted by molar-refractivity contribution is 0.339. The lowest BCUT2D eigenvalue weighted by atomic mass is 10.0. The molecule has 1 unspecified atom stereocenters. The molecule has 0 bridgehead atoms. The summed E-state index contributed by atoms with van der Waals surface area (Å²) < 4.78 is 5.55. The maximum absolute atomic E-state index is 5.55. The minimum Gasteiger partial charge on any atom is -0.494 e. The number of thiazole rings is 1. The maximum atomic E-state index is 5.55. The first-order chi connectivity index (χ1) is 9.22. The molecule has 0 aliphatic carbocycles. The van der Waals surface area contributed by atoms with Crippen LogP contribution in [0.3, 0.4) is 0 Å². The van der Waals surface area contributed by atoms with E-state index in [0.29, 0.717) is 6.61 Å². The van der Waals surface area contributed by atoms with Crippen molar-refractivity contribution in [2.45, 2.75) is 26.3 Å². The van der Waals surface area contributed by atoms with Crippen LogP contribution in [-0.2, 0) is 6.42 Å². The second-order valence-corrected chi connectivity index (χ2v) is 5.47. The van der Waals surface area contributed by atoms with Gasteiger partial charge in [0.2, 0.25) is 0 Å². The summed E-state index contributed by atoms with van der Waals surface area (Å²) in [5.74, 6) is 0.926. The average molecular weight is 276 g/mol. The highest BCUT2D eigenvalue weighted by molar-refractivity contribution is 7.09. The summed E-state index contributed by atoms with van der Waals surface area (Å²) in [6.07, 6.45) is 0.899. The highest BCUT2D eigenvalue weighted by Gasteiger charge is 2.12. The molecule has 0 spiro atoms. The fourth-order valence-corrected chi connectivity index (χ4v) is 2.71. The highest BCUT2D eigenvalue weighted by Crippen LogP contribution is 2.23. The van der Waals surface area contributed by atoms with Crippen molar-refractivity contribution in [1.29, 1.82) is 0 Å². The Hall–Kier alpha value is -1.39. The van der Waals surface area contributed by atoms with Gasteiger partial charge in [-0.15, -0.1) is 11.3 Å². The Bertz CT molecular complexity index is 524. The zero-order valence-corrected chi connectivity index (χ0v) is 12.5. The summed E-state index contributed by atoms with van der Waals surface area (Å²) in [7, 11) is 1.98. The molecule has 0 aliphatic heterocycles. The monoisotopic (exact) mass is 276 g/mol. The molecule has 1 N–H and O–H groups in total. The zero-order valence-electron chi connectivity index (χ0n) is 11.6. The molecule has 1 atom stereocenters. The van der Waals surface area contributed by atoms with Gasteiger partial charge in [0.05, 0.1) is 17.3 Å². The van der Waals surface area contributed by atoms with E-state index in [1.54, 1.807) is 11.3 Å². The van der Waals surface area contributed by atoms with E-state index >= 15 is 0 Å².